The molecule has 1 aromatic heterocycles. The highest BCUT2D eigenvalue weighted by Gasteiger charge is 2.32. The summed E-state index contributed by atoms with van der Waals surface area (Å²) < 4.78 is 7.46. The molecule has 1 N–H and O–H groups in total. The zero-order valence-electron chi connectivity index (χ0n) is 21.5. The molecule has 2 aliphatic rings. The molecule has 4 rings (SSSR count). The molecular formula is C27H39N5O3. The Morgan fingerprint density at radius 2 is 1.71 bits per heavy atom. The van der Waals surface area contributed by atoms with Crippen LogP contribution in [0.5, 0.6) is 0 Å². The van der Waals surface area contributed by atoms with E-state index in [9.17, 15) is 9.59 Å². The summed E-state index contributed by atoms with van der Waals surface area (Å²) in [4.78, 5) is 30.0. The molecule has 0 aliphatic carbocycles. The Kier molecular flexibility index (Phi) is 7.79. The van der Waals surface area contributed by atoms with Gasteiger partial charge in [0.05, 0.1) is 23.1 Å². The number of aromatic nitrogens is 2. The number of amides is 2. The molecule has 190 valence electrons. The summed E-state index contributed by atoms with van der Waals surface area (Å²) in [5.74, 6) is 0.0453. The van der Waals surface area contributed by atoms with E-state index in [1.54, 1.807) is 11.1 Å². The van der Waals surface area contributed by atoms with Gasteiger partial charge in [0.2, 0.25) is 0 Å². The van der Waals surface area contributed by atoms with Gasteiger partial charge in [-0.1, -0.05) is 17.7 Å². The summed E-state index contributed by atoms with van der Waals surface area (Å²) in [6.45, 7) is 12.6. The van der Waals surface area contributed by atoms with E-state index in [0.717, 1.165) is 43.9 Å². The van der Waals surface area contributed by atoms with E-state index >= 15 is 0 Å². The maximum Gasteiger partial charge on any atom is 0.410 e. The molecule has 35 heavy (non-hydrogen) atoms. The van der Waals surface area contributed by atoms with E-state index in [0.29, 0.717) is 25.2 Å². The van der Waals surface area contributed by atoms with Crippen molar-refractivity contribution in [2.75, 3.05) is 39.3 Å². The third kappa shape index (κ3) is 6.42. The lowest BCUT2D eigenvalue weighted by atomic mass is 9.91. The number of nitrogens with zero attached hydrogens (tertiary/aromatic N) is 4. The van der Waals surface area contributed by atoms with Gasteiger partial charge in [-0.05, 0) is 78.6 Å². The first-order chi connectivity index (χ1) is 16.7. The lowest BCUT2D eigenvalue weighted by Gasteiger charge is -2.34. The number of likely N-dealkylation sites (tertiary alicyclic amines) is 2. The first-order valence-electron chi connectivity index (χ1n) is 12.8. The van der Waals surface area contributed by atoms with Crippen LogP contribution in [0.3, 0.4) is 0 Å². The van der Waals surface area contributed by atoms with Gasteiger partial charge in [0, 0.05) is 32.1 Å². The Hall–Kier alpha value is -2.87. The molecule has 8 heteroatoms. The van der Waals surface area contributed by atoms with Crippen LogP contribution in [0.25, 0.3) is 5.69 Å². The highest BCUT2D eigenvalue weighted by molar-refractivity contribution is 5.95. The molecule has 0 radical (unpaired) electrons. The number of rotatable bonds is 6. The highest BCUT2D eigenvalue weighted by atomic mass is 16.6. The SMILES string of the molecule is Cc1ccc(-n2ncc(C(=O)NCCN3CCCC3)c2C2CCN(C(=O)OC(C)(C)C)CC2)cc1. The Morgan fingerprint density at radius 1 is 1.06 bits per heavy atom. The van der Waals surface area contributed by atoms with Gasteiger partial charge in [-0.2, -0.15) is 5.10 Å². The quantitative estimate of drug-likeness (QED) is 0.671. The lowest BCUT2D eigenvalue weighted by Crippen LogP contribution is -2.41. The molecule has 2 amide bonds. The summed E-state index contributed by atoms with van der Waals surface area (Å²) >= 11 is 0. The van der Waals surface area contributed by atoms with Crippen LogP contribution in [-0.2, 0) is 4.74 Å². The number of carbonyl (C=O) groups is 2. The van der Waals surface area contributed by atoms with Gasteiger partial charge >= 0.3 is 6.09 Å². The number of nitrogens with one attached hydrogen (secondary N) is 1. The number of ether oxygens (including phenoxy) is 1. The van der Waals surface area contributed by atoms with E-state index in [-0.39, 0.29) is 17.9 Å². The molecule has 2 fully saturated rings. The van der Waals surface area contributed by atoms with Crippen LogP contribution in [0, 0.1) is 6.92 Å². The third-order valence-corrected chi connectivity index (χ3v) is 6.78. The van der Waals surface area contributed by atoms with Crippen molar-refractivity contribution < 1.29 is 14.3 Å². The molecule has 0 bridgehead atoms. The number of piperidine rings is 1. The number of hydrogen-bond donors (Lipinski definition) is 1. The number of carbonyl (C=O) groups excluding carboxylic acids is 2. The van der Waals surface area contributed by atoms with Crippen LogP contribution in [0.4, 0.5) is 4.79 Å². The van der Waals surface area contributed by atoms with Crippen molar-refractivity contribution in [1.29, 1.82) is 0 Å². The number of benzene rings is 1. The second-order valence-electron chi connectivity index (χ2n) is 10.7. The largest absolute Gasteiger partial charge is 0.444 e. The minimum Gasteiger partial charge on any atom is -0.444 e. The molecule has 0 unspecified atom stereocenters. The number of aryl methyl sites for hydroxylation is 1. The first-order valence-corrected chi connectivity index (χ1v) is 12.8. The van der Waals surface area contributed by atoms with Crippen LogP contribution in [0.1, 0.15) is 74.0 Å². The second-order valence-corrected chi connectivity index (χ2v) is 10.7. The van der Waals surface area contributed by atoms with Crippen molar-refractivity contribution >= 4 is 12.0 Å². The predicted molar refractivity (Wildman–Crippen MR) is 136 cm³/mol. The summed E-state index contributed by atoms with van der Waals surface area (Å²) in [7, 11) is 0. The zero-order chi connectivity index (χ0) is 25.0. The Bertz CT molecular complexity index is 1010. The third-order valence-electron chi connectivity index (χ3n) is 6.78. The molecule has 8 nitrogen and oxygen atoms in total. The summed E-state index contributed by atoms with van der Waals surface area (Å²) in [6.07, 6.45) is 5.41. The fourth-order valence-corrected chi connectivity index (χ4v) is 4.91. The minimum atomic E-state index is -0.516. The van der Waals surface area contributed by atoms with E-state index in [1.807, 2.05) is 37.6 Å². The molecule has 0 saturated carbocycles. The summed E-state index contributed by atoms with van der Waals surface area (Å²) in [5, 5.41) is 7.75. The van der Waals surface area contributed by atoms with Gasteiger partial charge in [0.1, 0.15) is 5.60 Å². The number of hydrogen-bond acceptors (Lipinski definition) is 5. The monoisotopic (exact) mass is 481 g/mol. The molecule has 1 aromatic carbocycles. The molecular weight excluding hydrogens is 442 g/mol. The second kappa shape index (κ2) is 10.8. The van der Waals surface area contributed by atoms with Crippen molar-refractivity contribution in [2.24, 2.45) is 0 Å². The van der Waals surface area contributed by atoms with Gasteiger partial charge in [0.25, 0.3) is 5.91 Å². The normalized spacial score (nSPS) is 17.5. The fourth-order valence-electron chi connectivity index (χ4n) is 4.91. The average molecular weight is 482 g/mol. The van der Waals surface area contributed by atoms with Crippen molar-refractivity contribution in [1.82, 2.24) is 24.9 Å². The lowest BCUT2D eigenvalue weighted by molar-refractivity contribution is 0.0203. The van der Waals surface area contributed by atoms with E-state index in [4.69, 9.17) is 4.74 Å². The van der Waals surface area contributed by atoms with Crippen LogP contribution in [0.15, 0.2) is 30.5 Å². The zero-order valence-corrected chi connectivity index (χ0v) is 21.5. The van der Waals surface area contributed by atoms with Gasteiger partial charge in [-0.3, -0.25) is 4.79 Å². The molecule has 2 aliphatic heterocycles. The Balaban J connectivity index is 1.50. The summed E-state index contributed by atoms with van der Waals surface area (Å²) in [5.41, 5.74) is 3.15. The first kappa shape index (κ1) is 25.2. The molecule has 2 aromatic rings. The van der Waals surface area contributed by atoms with Crippen molar-refractivity contribution in [3.8, 4) is 5.69 Å². The average Bonchev–Trinajstić information content (AvgIpc) is 3.49. The van der Waals surface area contributed by atoms with Gasteiger partial charge in [0.15, 0.2) is 0 Å². The van der Waals surface area contributed by atoms with E-state index < -0.39 is 5.60 Å². The maximum atomic E-state index is 13.2. The topological polar surface area (TPSA) is 79.7 Å². The minimum absolute atomic E-state index is 0.0767. The molecule has 0 spiro atoms. The fraction of sp³-hybridized carbons (Fsp3) is 0.593. The van der Waals surface area contributed by atoms with Crippen LogP contribution in [-0.4, -0.2) is 76.5 Å². The molecule has 0 atom stereocenters. The van der Waals surface area contributed by atoms with Crippen molar-refractivity contribution in [3.05, 3.63) is 47.3 Å². The van der Waals surface area contributed by atoms with Crippen molar-refractivity contribution in [3.63, 3.8) is 0 Å². The van der Waals surface area contributed by atoms with Crippen LogP contribution in [0.2, 0.25) is 0 Å². The summed E-state index contributed by atoms with van der Waals surface area (Å²) in [6, 6.07) is 8.19. The predicted octanol–water partition coefficient (Wildman–Crippen LogP) is 4.12. The van der Waals surface area contributed by atoms with Gasteiger partial charge in [-0.25, -0.2) is 9.48 Å². The van der Waals surface area contributed by atoms with Crippen LogP contribution >= 0.6 is 0 Å². The van der Waals surface area contributed by atoms with Crippen LogP contribution < -0.4 is 5.32 Å². The Morgan fingerprint density at radius 3 is 2.34 bits per heavy atom. The van der Waals surface area contributed by atoms with Gasteiger partial charge in [-0.15, -0.1) is 0 Å². The smallest absolute Gasteiger partial charge is 0.410 e. The van der Waals surface area contributed by atoms with Gasteiger partial charge < -0.3 is 19.9 Å². The Labute approximate surface area is 208 Å². The van der Waals surface area contributed by atoms with E-state index in [1.165, 1.54) is 18.4 Å². The maximum absolute atomic E-state index is 13.2. The molecule has 3 heterocycles. The van der Waals surface area contributed by atoms with Crippen molar-refractivity contribution in [2.45, 2.75) is 64.9 Å². The molecule has 2 saturated heterocycles. The van der Waals surface area contributed by atoms with E-state index in [2.05, 4.69) is 34.4 Å². The standard InChI is InChI=1S/C27H39N5O3/c1-20-7-9-22(10-8-20)32-24(21-11-16-31(17-12-21)26(34)35-27(2,3)4)23(19-29-32)25(33)28-13-18-30-14-5-6-15-30/h7-10,19,21H,5-6,11-18H2,1-4H3,(H,28,33). The highest BCUT2D eigenvalue weighted by Crippen LogP contribution is 2.33.